The molecule has 0 fully saturated rings. The molecule has 30 heavy (non-hydrogen) atoms. The van der Waals surface area contributed by atoms with Gasteiger partial charge in [0, 0.05) is 27.8 Å². The van der Waals surface area contributed by atoms with Gasteiger partial charge in [-0.2, -0.15) is 0 Å². The molecule has 1 nitrogen and oxygen atoms in total. The van der Waals surface area contributed by atoms with E-state index in [1.54, 1.807) is 7.11 Å². The average Bonchev–Trinajstić information content (AvgIpc) is 2.79. The first-order chi connectivity index (χ1) is 14.8. The molecule has 0 radical (unpaired) electrons. The van der Waals surface area contributed by atoms with Crippen LogP contribution in [0.15, 0.2) is 78.9 Å². The highest BCUT2D eigenvalue weighted by atomic mass is 16.5. The summed E-state index contributed by atoms with van der Waals surface area (Å²) in [4.78, 5) is 0. The molecule has 0 saturated carbocycles. The zero-order chi connectivity index (χ0) is 20.9. The molecule has 0 aliphatic carbocycles. The van der Waals surface area contributed by atoms with E-state index in [1.807, 2.05) is 38.1 Å². The third kappa shape index (κ3) is 3.43. The molecule has 4 rings (SSSR count). The van der Waals surface area contributed by atoms with Gasteiger partial charge in [-0.3, -0.25) is 0 Å². The Labute approximate surface area is 178 Å². The Morgan fingerprint density at radius 3 is 2.07 bits per heavy atom. The summed E-state index contributed by atoms with van der Waals surface area (Å²) in [6.07, 6.45) is 0. The Hall–Kier alpha value is -3.94. The van der Waals surface area contributed by atoms with E-state index < -0.39 is 0 Å². The molecular weight excluding hydrogens is 364 g/mol. The lowest BCUT2D eigenvalue weighted by Gasteiger charge is -2.19. The third-order valence-corrected chi connectivity index (χ3v) is 5.16. The number of methoxy groups -OCH3 is 1. The van der Waals surface area contributed by atoms with E-state index >= 15 is 0 Å². The number of rotatable bonds is 3. The molecular formula is C29H22O. The third-order valence-electron chi connectivity index (χ3n) is 5.16. The normalized spacial score (nSPS) is 9.97. The van der Waals surface area contributed by atoms with E-state index in [9.17, 15) is 0 Å². The molecule has 0 aliphatic heterocycles. The summed E-state index contributed by atoms with van der Waals surface area (Å²) in [5.74, 6) is 13.5. The van der Waals surface area contributed by atoms with Crippen LogP contribution in [-0.4, -0.2) is 7.11 Å². The van der Waals surface area contributed by atoms with E-state index in [0.717, 1.165) is 39.1 Å². The van der Waals surface area contributed by atoms with Crippen molar-refractivity contribution < 1.29 is 4.74 Å². The zero-order valence-electron chi connectivity index (χ0n) is 17.4. The van der Waals surface area contributed by atoms with Crippen molar-refractivity contribution in [3.63, 3.8) is 0 Å². The molecule has 0 amide bonds. The summed E-state index contributed by atoms with van der Waals surface area (Å²) in [5.41, 5.74) is 6.23. The number of benzene rings is 4. The summed E-state index contributed by atoms with van der Waals surface area (Å²) in [7, 11) is 1.71. The fourth-order valence-corrected chi connectivity index (χ4v) is 3.93. The van der Waals surface area contributed by atoms with Gasteiger partial charge in [0.15, 0.2) is 0 Å². The second kappa shape index (κ2) is 8.60. The highest BCUT2D eigenvalue weighted by Crippen LogP contribution is 2.44. The second-order valence-corrected chi connectivity index (χ2v) is 6.89. The highest BCUT2D eigenvalue weighted by molar-refractivity contribution is 6.04. The van der Waals surface area contributed by atoms with Crippen molar-refractivity contribution in [1.29, 1.82) is 0 Å². The maximum Gasteiger partial charge on any atom is 0.127 e. The zero-order valence-corrected chi connectivity index (χ0v) is 17.4. The predicted octanol–water partition coefficient (Wildman–Crippen LogP) is 6.93. The molecule has 4 aromatic rings. The van der Waals surface area contributed by atoms with Crippen LogP contribution in [0.3, 0.4) is 0 Å². The van der Waals surface area contributed by atoms with Crippen LogP contribution in [0, 0.1) is 23.7 Å². The van der Waals surface area contributed by atoms with Crippen molar-refractivity contribution in [2.24, 2.45) is 0 Å². The van der Waals surface area contributed by atoms with Crippen molar-refractivity contribution in [3.8, 4) is 51.7 Å². The summed E-state index contributed by atoms with van der Waals surface area (Å²) in [5, 5.41) is 2.38. The molecule has 4 aromatic carbocycles. The van der Waals surface area contributed by atoms with Gasteiger partial charge in [0.1, 0.15) is 5.75 Å². The van der Waals surface area contributed by atoms with Gasteiger partial charge in [-0.05, 0) is 48.4 Å². The Balaban J connectivity index is 2.19. The molecule has 0 atom stereocenters. The van der Waals surface area contributed by atoms with Gasteiger partial charge in [0.05, 0.1) is 7.11 Å². The Morgan fingerprint density at radius 1 is 0.600 bits per heavy atom. The van der Waals surface area contributed by atoms with Gasteiger partial charge in [0.25, 0.3) is 0 Å². The first-order valence-corrected chi connectivity index (χ1v) is 9.92. The number of fused-ring (bicyclic) bond motifs is 1. The maximum atomic E-state index is 5.84. The molecule has 0 heterocycles. The smallest absolute Gasteiger partial charge is 0.127 e. The second-order valence-electron chi connectivity index (χ2n) is 6.89. The van der Waals surface area contributed by atoms with E-state index in [2.05, 4.69) is 78.3 Å². The van der Waals surface area contributed by atoms with Crippen LogP contribution < -0.4 is 4.74 Å². The van der Waals surface area contributed by atoms with Gasteiger partial charge in [0.2, 0.25) is 0 Å². The number of ether oxygens (including phenoxy) is 1. The largest absolute Gasteiger partial charge is 0.496 e. The van der Waals surface area contributed by atoms with E-state index in [-0.39, 0.29) is 0 Å². The van der Waals surface area contributed by atoms with Crippen molar-refractivity contribution in [3.05, 3.63) is 90.0 Å². The molecule has 0 saturated heterocycles. The minimum absolute atomic E-state index is 0.810. The SMILES string of the molecule is CC#Cc1ccccc1-c1c(OC)ccc(C#CC)c1-c1cccc2ccccc12. The summed E-state index contributed by atoms with van der Waals surface area (Å²) in [6, 6.07) is 27.1. The lowest BCUT2D eigenvalue weighted by molar-refractivity contribution is 0.416. The van der Waals surface area contributed by atoms with Crippen LogP contribution in [0.4, 0.5) is 0 Å². The Bertz CT molecular complexity index is 1350. The van der Waals surface area contributed by atoms with Gasteiger partial charge in [-0.1, -0.05) is 72.5 Å². The minimum Gasteiger partial charge on any atom is -0.496 e. The molecule has 144 valence electrons. The lowest BCUT2D eigenvalue weighted by atomic mass is 9.86. The topological polar surface area (TPSA) is 9.23 Å². The van der Waals surface area contributed by atoms with Gasteiger partial charge >= 0.3 is 0 Å². The lowest BCUT2D eigenvalue weighted by Crippen LogP contribution is -1.97. The van der Waals surface area contributed by atoms with Crippen molar-refractivity contribution in [2.45, 2.75) is 13.8 Å². The van der Waals surface area contributed by atoms with Gasteiger partial charge in [-0.15, -0.1) is 11.8 Å². The van der Waals surface area contributed by atoms with Crippen LogP contribution in [0.1, 0.15) is 25.0 Å². The van der Waals surface area contributed by atoms with E-state index in [0.29, 0.717) is 0 Å². The predicted molar refractivity (Wildman–Crippen MR) is 126 cm³/mol. The van der Waals surface area contributed by atoms with E-state index in [4.69, 9.17) is 4.74 Å². The van der Waals surface area contributed by atoms with Crippen LogP contribution in [0.2, 0.25) is 0 Å². The first-order valence-electron chi connectivity index (χ1n) is 9.92. The Kier molecular flexibility index (Phi) is 5.56. The first kappa shape index (κ1) is 19.4. The van der Waals surface area contributed by atoms with Crippen LogP contribution in [-0.2, 0) is 0 Å². The fraction of sp³-hybridized carbons (Fsp3) is 0.103. The average molecular weight is 386 g/mol. The number of hydrogen-bond acceptors (Lipinski definition) is 1. The summed E-state index contributed by atoms with van der Waals surface area (Å²) >= 11 is 0. The standard InChI is InChI=1S/C29H22O/c1-4-11-21-13-7-9-17-25(21)29-27(30-3)20-19-23(12-5-2)28(29)26-18-10-15-22-14-6-8-16-24(22)26/h6-10,13-20H,1-3H3. The fourth-order valence-electron chi connectivity index (χ4n) is 3.93. The maximum absolute atomic E-state index is 5.84. The van der Waals surface area contributed by atoms with Crippen molar-refractivity contribution in [2.75, 3.05) is 7.11 Å². The molecule has 0 unspecified atom stereocenters. The molecule has 0 spiro atoms. The monoisotopic (exact) mass is 386 g/mol. The minimum atomic E-state index is 0.810. The molecule has 1 heteroatoms. The quantitative estimate of drug-likeness (QED) is 0.347. The molecule has 0 aromatic heterocycles. The molecule has 0 N–H and O–H groups in total. The molecule has 0 bridgehead atoms. The highest BCUT2D eigenvalue weighted by Gasteiger charge is 2.20. The summed E-state index contributed by atoms with van der Waals surface area (Å²) < 4.78 is 5.84. The van der Waals surface area contributed by atoms with Gasteiger partial charge in [-0.25, -0.2) is 0 Å². The Morgan fingerprint density at radius 2 is 1.27 bits per heavy atom. The van der Waals surface area contributed by atoms with Crippen LogP contribution in [0.5, 0.6) is 5.75 Å². The number of hydrogen-bond donors (Lipinski definition) is 0. The van der Waals surface area contributed by atoms with E-state index in [1.165, 1.54) is 10.8 Å². The molecule has 0 aliphatic rings. The summed E-state index contributed by atoms with van der Waals surface area (Å²) in [6.45, 7) is 3.73. The van der Waals surface area contributed by atoms with Crippen LogP contribution in [0.25, 0.3) is 33.0 Å². The van der Waals surface area contributed by atoms with Crippen LogP contribution >= 0.6 is 0 Å². The van der Waals surface area contributed by atoms with Gasteiger partial charge < -0.3 is 4.74 Å². The van der Waals surface area contributed by atoms with Crippen molar-refractivity contribution in [1.82, 2.24) is 0 Å². The van der Waals surface area contributed by atoms with Crippen molar-refractivity contribution >= 4 is 10.8 Å².